The fourth-order valence-electron chi connectivity index (χ4n) is 2.04. The largest absolute Gasteiger partial charge is 0.478 e. The van der Waals surface area contributed by atoms with Gasteiger partial charge in [-0.1, -0.05) is 5.92 Å². The van der Waals surface area contributed by atoms with E-state index in [9.17, 15) is 14.3 Å². The van der Waals surface area contributed by atoms with E-state index in [0.717, 1.165) is 12.8 Å². The molecule has 4 nitrogen and oxygen atoms in total. The molecule has 0 heterocycles. The lowest BCUT2D eigenvalue weighted by molar-refractivity contribution is 0.0698. The first-order valence-corrected chi connectivity index (χ1v) is 6.04. The topological polar surface area (TPSA) is 66.6 Å². The van der Waals surface area contributed by atoms with Gasteiger partial charge in [-0.3, -0.25) is 0 Å². The molecular weight excluding hydrogens is 247 g/mol. The van der Waals surface area contributed by atoms with Crippen LogP contribution in [-0.4, -0.2) is 24.2 Å². The number of anilines is 2. The van der Waals surface area contributed by atoms with E-state index < -0.39 is 11.8 Å². The molecule has 2 rings (SSSR count). The standard InChI is InChI=1S/C14H15FN2O2/c1-2-7-17(8-9-3-4-9)11-6-5-10(15)13(16)12(11)14(18)19/h1,5-6,9H,3-4,7-8,16H2,(H,18,19). The Kier molecular flexibility index (Phi) is 3.61. The molecule has 0 unspecified atom stereocenters. The van der Waals surface area contributed by atoms with E-state index in [1.54, 1.807) is 4.90 Å². The number of carbonyl (C=O) groups is 1. The van der Waals surface area contributed by atoms with Crippen LogP contribution in [0, 0.1) is 24.1 Å². The number of rotatable bonds is 5. The van der Waals surface area contributed by atoms with Crippen LogP contribution in [-0.2, 0) is 0 Å². The van der Waals surface area contributed by atoms with E-state index in [2.05, 4.69) is 5.92 Å². The Hall–Kier alpha value is -2.22. The quantitative estimate of drug-likeness (QED) is 0.629. The Morgan fingerprint density at radius 3 is 2.79 bits per heavy atom. The van der Waals surface area contributed by atoms with Crippen molar-refractivity contribution in [2.24, 2.45) is 5.92 Å². The number of carboxylic acid groups (broad SMARTS) is 1. The maximum absolute atomic E-state index is 13.4. The zero-order valence-corrected chi connectivity index (χ0v) is 10.4. The second kappa shape index (κ2) is 5.19. The molecule has 0 spiro atoms. The van der Waals surface area contributed by atoms with Crippen LogP contribution < -0.4 is 10.6 Å². The number of benzene rings is 1. The van der Waals surface area contributed by atoms with E-state index in [0.29, 0.717) is 18.2 Å². The lowest BCUT2D eigenvalue weighted by Crippen LogP contribution is -2.28. The second-order valence-electron chi connectivity index (χ2n) is 4.69. The third-order valence-electron chi connectivity index (χ3n) is 3.18. The molecule has 0 saturated heterocycles. The molecule has 0 amide bonds. The molecule has 100 valence electrons. The van der Waals surface area contributed by atoms with Crippen LogP contribution in [0.1, 0.15) is 23.2 Å². The van der Waals surface area contributed by atoms with Crippen molar-refractivity contribution in [2.45, 2.75) is 12.8 Å². The van der Waals surface area contributed by atoms with Crippen molar-refractivity contribution >= 4 is 17.3 Å². The SMILES string of the molecule is C#CCN(CC1CC1)c1ccc(F)c(N)c1C(=O)O. The van der Waals surface area contributed by atoms with Gasteiger partial charge in [0.25, 0.3) is 0 Å². The fourth-order valence-corrected chi connectivity index (χ4v) is 2.04. The molecule has 5 heteroatoms. The maximum Gasteiger partial charge on any atom is 0.340 e. The van der Waals surface area contributed by atoms with Crippen LogP contribution >= 0.6 is 0 Å². The molecule has 0 aliphatic heterocycles. The summed E-state index contributed by atoms with van der Waals surface area (Å²) in [5.41, 5.74) is 5.36. The predicted molar refractivity (Wildman–Crippen MR) is 71.5 cm³/mol. The molecule has 1 saturated carbocycles. The van der Waals surface area contributed by atoms with Crippen LogP contribution in [0.4, 0.5) is 15.8 Å². The second-order valence-corrected chi connectivity index (χ2v) is 4.69. The number of halogens is 1. The summed E-state index contributed by atoms with van der Waals surface area (Å²) in [6.07, 6.45) is 7.54. The van der Waals surface area contributed by atoms with Gasteiger partial charge in [0.1, 0.15) is 11.4 Å². The Morgan fingerprint density at radius 2 is 2.26 bits per heavy atom. The fraction of sp³-hybridized carbons (Fsp3) is 0.357. The maximum atomic E-state index is 13.4. The Labute approximate surface area is 111 Å². The zero-order chi connectivity index (χ0) is 14.0. The minimum atomic E-state index is -1.25. The van der Waals surface area contributed by atoms with Crippen molar-refractivity contribution in [3.8, 4) is 12.3 Å². The summed E-state index contributed by atoms with van der Waals surface area (Å²) in [4.78, 5) is 13.1. The van der Waals surface area contributed by atoms with Gasteiger partial charge in [0.15, 0.2) is 0 Å². The third-order valence-corrected chi connectivity index (χ3v) is 3.18. The zero-order valence-electron chi connectivity index (χ0n) is 10.4. The predicted octanol–water partition coefficient (Wildman–Crippen LogP) is 1.96. The summed E-state index contributed by atoms with van der Waals surface area (Å²) in [7, 11) is 0. The van der Waals surface area contributed by atoms with Gasteiger partial charge >= 0.3 is 5.97 Å². The number of terminal acetylenes is 1. The molecule has 0 atom stereocenters. The van der Waals surface area contributed by atoms with Gasteiger partial charge in [0, 0.05) is 6.54 Å². The highest BCUT2D eigenvalue weighted by Crippen LogP contribution is 2.34. The Balaban J connectivity index is 2.42. The van der Waals surface area contributed by atoms with Crippen LogP contribution in [0.5, 0.6) is 0 Å². The Morgan fingerprint density at radius 1 is 1.58 bits per heavy atom. The van der Waals surface area contributed by atoms with E-state index in [-0.39, 0.29) is 17.8 Å². The van der Waals surface area contributed by atoms with Gasteiger partial charge in [0.05, 0.1) is 17.9 Å². The van der Waals surface area contributed by atoms with Gasteiger partial charge in [-0.15, -0.1) is 6.42 Å². The van der Waals surface area contributed by atoms with Gasteiger partial charge in [0.2, 0.25) is 0 Å². The summed E-state index contributed by atoms with van der Waals surface area (Å²) >= 11 is 0. The first-order chi connectivity index (χ1) is 9.04. The smallest absolute Gasteiger partial charge is 0.340 e. The summed E-state index contributed by atoms with van der Waals surface area (Å²) in [5.74, 6) is 1.05. The van der Waals surface area contributed by atoms with Crippen molar-refractivity contribution in [1.82, 2.24) is 0 Å². The monoisotopic (exact) mass is 262 g/mol. The van der Waals surface area contributed by atoms with E-state index >= 15 is 0 Å². The summed E-state index contributed by atoms with van der Waals surface area (Å²) < 4.78 is 13.4. The highest BCUT2D eigenvalue weighted by Gasteiger charge is 2.27. The normalized spacial score (nSPS) is 13.9. The van der Waals surface area contributed by atoms with Crippen LogP contribution in [0.2, 0.25) is 0 Å². The molecule has 3 N–H and O–H groups in total. The third kappa shape index (κ3) is 2.79. The number of nitrogen functional groups attached to an aromatic ring is 1. The number of nitrogens with two attached hydrogens (primary N) is 1. The number of aromatic carboxylic acids is 1. The molecule has 1 aliphatic carbocycles. The van der Waals surface area contributed by atoms with Crippen molar-refractivity contribution < 1.29 is 14.3 Å². The molecule has 1 aromatic carbocycles. The molecule has 0 bridgehead atoms. The highest BCUT2D eigenvalue weighted by molar-refractivity contribution is 6.00. The van der Waals surface area contributed by atoms with Crippen LogP contribution in [0.15, 0.2) is 12.1 Å². The molecule has 1 fully saturated rings. The lowest BCUT2D eigenvalue weighted by atomic mass is 10.1. The molecule has 0 radical (unpaired) electrons. The number of nitrogens with zero attached hydrogens (tertiary/aromatic N) is 1. The average Bonchev–Trinajstić information content (AvgIpc) is 3.15. The molecular formula is C14H15FN2O2. The first-order valence-electron chi connectivity index (χ1n) is 6.04. The van der Waals surface area contributed by atoms with Crippen molar-refractivity contribution in [3.63, 3.8) is 0 Å². The summed E-state index contributed by atoms with van der Waals surface area (Å²) in [6.45, 7) is 0.956. The van der Waals surface area contributed by atoms with Gasteiger partial charge < -0.3 is 15.7 Å². The molecule has 1 aliphatic rings. The molecule has 0 aromatic heterocycles. The summed E-state index contributed by atoms with van der Waals surface area (Å²) in [5, 5.41) is 9.21. The van der Waals surface area contributed by atoms with Crippen LogP contribution in [0.25, 0.3) is 0 Å². The minimum absolute atomic E-state index is 0.212. The van der Waals surface area contributed by atoms with Crippen molar-refractivity contribution in [3.05, 3.63) is 23.5 Å². The van der Waals surface area contributed by atoms with E-state index in [1.807, 2.05) is 0 Å². The lowest BCUT2D eigenvalue weighted by Gasteiger charge is -2.24. The average molecular weight is 262 g/mol. The molecule has 19 heavy (non-hydrogen) atoms. The number of hydrogen-bond acceptors (Lipinski definition) is 3. The van der Waals surface area contributed by atoms with Gasteiger partial charge in [-0.2, -0.15) is 0 Å². The highest BCUT2D eigenvalue weighted by atomic mass is 19.1. The van der Waals surface area contributed by atoms with Crippen molar-refractivity contribution in [1.29, 1.82) is 0 Å². The molecule has 1 aromatic rings. The van der Waals surface area contributed by atoms with Gasteiger partial charge in [-0.05, 0) is 30.9 Å². The minimum Gasteiger partial charge on any atom is -0.478 e. The van der Waals surface area contributed by atoms with Crippen molar-refractivity contribution in [2.75, 3.05) is 23.7 Å². The number of hydrogen-bond donors (Lipinski definition) is 2. The van der Waals surface area contributed by atoms with E-state index in [4.69, 9.17) is 12.2 Å². The first kappa shape index (κ1) is 13.2. The Bertz CT molecular complexity index is 547. The number of carboxylic acids is 1. The van der Waals surface area contributed by atoms with E-state index in [1.165, 1.54) is 12.1 Å². The van der Waals surface area contributed by atoms with Crippen LogP contribution in [0.3, 0.4) is 0 Å². The van der Waals surface area contributed by atoms with Gasteiger partial charge in [-0.25, -0.2) is 9.18 Å². The summed E-state index contributed by atoms with van der Waals surface area (Å²) in [6, 6.07) is 2.60.